The largest absolute Gasteiger partial charge is 0.457 e. The molecule has 226 valence electrons. The van der Waals surface area contributed by atoms with Crippen molar-refractivity contribution in [3.05, 3.63) is 101 Å². The molecule has 0 fully saturated rings. The number of pyridine rings is 1. The fourth-order valence-corrected chi connectivity index (χ4v) is 4.78. The molecule has 0 radical (unpaired) electrons. The van der Waals surface area contributed by atoms with E-state index in [4.69, 9.17) is 16.3 Å². The maximum Gasteiger partial charge on any atom is 0.264 e. The van der Waals surface area contributed by atoms with Crippen LogP contribution in [0.15, 0.2) is 79.0 Å². The molecule has 0 aliphatic heterocycles. The number of halogens is 3. The first kappa shape index (κ1) is 35.2. The molecule has 1 heterocycles. The first-order valence-corrected chi connectivity index (χ1v) is 14.7. The minimum Gasteiger partial charge on any atom is -0.457 e. The van der Waals surface area contributed by atoms with Crippen molar-refractivity contribution in [2.24, 2.45) is 0 Å². The number of sulfonamides is 1. The first-order chi connectivity index (χ1) is 19.2. The zero-order valence-corrected chi connectivity index (χ0v) is 25.8. The SMILES string of the molecule is CCS(=O)(=O)NC(=O)c1ccc2c(Oc3ccc(C[C@@H](CO)NC[C@H](O)c4cccc(Cl)c4)cc3)ccnc2c1.Cl.Cl. The van der Waals surface area contributed by atoms with Crippen molar-refractivity contribution in [3.8, 4) is 11.5 Å². The number of aromatic nitrogens is 1. The first-order valence-electron chi connectivity index (χ1n) is 12.7. The van der Waals surface area contributed by atoms with E-state index in [9.17, 15) is 23.4 Å². The average molecular weight is 657 g/mol. The van der Waals surface area contributed by atoms with E-state index in [1.165, 1.54) is 19.1 Å². The van der Waals surface area contributed by atoms with Gasteiger partial charge in [-0.25, -0.2) is 13.1 Å². The van der Waals surface area contributed by atoms with Crippen molar-refractivity contribution in [3.63, 3.8) is 0 Å². The Hall–Kier alpha value is -2.96. The highest BCUT2D eigenvalue weighted by atomic mass is 35.5. The fourth-order valence-electron chi connectivity index (χ4n) is 4.04. The van der Waals surface area contributed by atoms with E-state index in [1.807, 2.05) is 29.0 Å². The molecule has 1 amide bonds. The number of ether oxygens (including phenoxy) is 1. The van der Waals surface area contributed by atoms with E-state index in [-0.39, 0.29) is 55.3 Å². The number of rotatable bonds is 12. The van der Waals surface area contributed by atoms with E-state index >= 15 is 0 Å². The third-order valence-corrected chi connectivity index (χ3v) is 7.77. The lowest BCUT2D eigenvalue weighted by molar-refractivity contribution is 0.0981. The van der Waals surface area contributed by atoms with Gasteiger partial charge in [-0.05, 0) is 73.0 Å². The molecular formula is C29H32Cl3N3O6S. The predicted octanol–water partition coefficient (Wildman–Crippen LogP) is 4.83. The van der Waals surface area contributed by atoms with Crippen LogP contribution in [0.2, 0.25) is 5.02 Å². The summed E-state index contributed by atoms with van der Waals surface area (Å²) >= 11 is 6.00. The highest BCUT2D eigenvalue weighted by Crippen LogP contribution is 2.29. The summed E-state index contributed by atoms with van der Waals surface area (Å²) < 4.78 is 31.6. The molecular weight excluding hydrogens is 625 g/mol. The Bertz CT molecular complexity index is 1590. The number of carbonyl (C=O) groups is 1. The van der Waals surface area contributed by atoms with Crippen LogP contribution in [0.25, 0.3) is 10.9 Å². The lowest BCUT2D eigenvalue weighted by Gasteiger charge is -2.19. The molecule has 0 saturated heterocycles. The molecule has 0 spiro atoms. The van der Waals surface area contributed by atoms with Gasteiger partial charge in [-0.15, -0.1) is 24.8 Å². The smallest absolute Gasteiger partial charge is 0.264 e. The van der Waals surface area contributed by atoms with Gasteiger partial charge in [0.2, 0.25) is 10.0 Å². The molecule has 4 rings (SSSR count). The van der Waals surface area contributed by atoms with Crippen molar-refractivity contribution in [2.45, 2.75) is 25.5 Å². The van der Waals surface area contributed by atoms with Gasteiger partial charge in [-0.3, -0.25) is 9.78 Å². The number of nitrogens with zero attached hydrogens (tertiary/aromatic N) is 1. The number of carbonyl (C=O) groups excluding carboxylic acids is 1. The molecule has 0 aliphatic carbocycles. The maximum absolute atomic E-state index is 12.3. The molecule has 1 aromatic heterocycles. The third-order valence-electron chi connectivity index (χ3n) is 6.28. The van der Waals surface area contributed by atoms with Crippen LogP contribution in [0.3, 0.4) is 0 Å². The zero-order valence-electron chi connectivity index (χ0n) is 22.6. The quantitative estimate of drug-likeness (QED) is 0.170. The fraction of sp³-hybridized carbons (Fsp3) is 0.241. The number of fused-ring (bicyclic) bond motifs is 1. The second-order valence-electron chi connectivity index (χ2n) is 9.18. The van der Waals surface area contributed by atoms with E-state index in [2.05, 4.69) is 10.3 Å². The van der Waals surface area contributed by atoms with Crippen LogP contribution in [0, 0.1) is 0 Å². The van der Waals surface area contributed by atoms with Crippen molar-refractivity contribution >= 4 is 63.2 Å². The third kappa shape index (κ3) is 9.53. The number of benzene rings is 3. The normalized spacial score (nSPS) is 12.5. The van der Waals surface area contributed by atoms with Crippen molar-refractivity contribution in [2.75, 3.05) is 18.9 Å². The van der Waals surface area contributed by atoms with Crippen LogP contribution in [-0.4, -0.2) is 54.5 Å². The Balaban J connectivity index is 0.00000308. The number of hydrogen-bond acceptors (Lipinski definition) is 8. The molecule has 2 atom stereocenters. The van der Waals surface area contributed by atoms with Crippen LogP contribution in [-0.2, 0) is 16.4 Å². The van der Waals surface area contributed by atoms with Crippen LogP contribution >= 0.6 is 36.4 Å². The lowest BCUT2D eigenvalue weighted by Crippen LogP contribution is -2.37. The van der Waals surface area contributed by atoms with E-state index in [1.54, 1.807) is 42.6 Å². The van der Waals surface area contributed by atoms with Gasteiger partial charge in [0.05, 0.1) is 24.0 Å². The molecule has 42 heavy (non-hydrogen) atoms. The van der Waals surface area contributed by atoms with Gasteiger partial charge in [0, 0.05) is 34.8 Å². The van der Waals surface area contributed by atoms with Crippen molar-refractivity contribution < 1.29 is 28.2 Å². The summed E-state index contributed by atoms with van der Waals surface area (Å²) in [6, 6.07) is 20.6. The average Bonchev–Trinajstić information content (AvgIpc) is 2.95. The summed E-state index contributed by atoms with van der Waals surface area (Å²) in [4.78, 5) is 16.6. The van der Waals surface area contributed by atoms with Crippen molar-refractivity contribution in [1.29, 1.82) is 0 Å². The van der Waals surface area contributed by atoms with Gasteiger partial charge in [-0.2, -0.15) is 0 Å². The molecule has 0 saturated carbocycles. The predicted molar refractivity (Wildman–Crippen MR) is 169 cm³/mol. The van der Waals surface area contributed by atoms with Crippen LogP contribution in [0.5, 0.6) is 11.5 Å². The van der Waals surface area contributed by atoms with Crippen LogP contribution < -0.4 is 14.8 Å². The zero-order chi connectivity index (χ0) is 28.7. The number of aliphatic hydroxyl groups is 2. The molecule has 0 bridgehead atoms. The molecule has 0 aliphatic rings. The second kappa shape index (κ2) is 16.0. The number of nitrogens with one attached hydrogen (secondary N) is 2. The second-order valence-corrected chi connectivity index (χ2v) is 11.6. The minimum atomic E-state index is -3.68. The minimum absolute atomic E-state index is 0. The van der Waals surface area contributed by atoms with Gasteiger partial charge < -0.3 is 20.3 Å². The van der Waals surface area contributed by atoms with Gasteiger partial charge in [0.1, 0.15) is 11.5 Å². The molecule has 4 aromatic rings. The molecule has 13 heteroatoms. The Labute approximate surface area is 262 Å². The van der Waals surface area contributed by atoms with Gasteiger partial charge >= 0.3 is 0 Å². The summed E-state index contributed by atoms with van der Waals surface area (Å²) in [7, 11) is -3.68. The summed E-state index contributed by atoms with van der Waals surface area (Å²) in [6.07, 6.45) is 1.33. The van der Waals surface area contributed by atoms with Crippen LogP contribution in [0.1, 0.15) is 34.5 Å². The maximum atomic E-state index is 12.3. The number of hydrogen-bond donors (Lipinski definition) is 4. The van der Waals surface area contributed by atoms with Crippen LogP contribution in [0.4, 0.5) is 0 Å². The number of aliphatic hydroxyl groups excluding tert-OH is 2. The highest BCUT2D eigenvalue weighted by molar-refractivity contribution is 7.90. The molecule has 4 N–H and O–H groups in total. The van der Waals surface area contributed by atoms with Gasteiger partial charge in [-0.1, -0.05) is 35.9 Å². The monoisotopic (exact) mass is 655 g/mol. The van der Waals surface area contributed by atoms with Gasteiger partial charge in [0.15, 0.2) is 0 Å². The number of amides is 1. The summed E-state index contributed by atoms with van der Waals surface area (Å²) in [5.74, 6) is 0.181. The van der Waals surface area contributed by atoms with Crippen molar-refractivity contribution in [1.82, 2.24) is 15.0 Å². The Morgan fingerprint density at radius 2 is 1.79 bits per heavy atom. The topological polar surface area (TPSA) is 138 Å². The summed E-state index contributed by atoms with van der Waals surface area (Å²) in [6.45, 7) is 1.61. The summed E-state index contributed by atoms with van der Waals surface area (Å²) in [5.41, 5.74) is 2.32. The van der Waals surface area contributed by atoms with E-state index < -0.39 is 22.0 Å². The van der Waals surface area contributed by atoms with E-state index in [0.717, 1.165) is 5.56 Å². The molecule has 0 unspecified atom stereocenters. The molecule has 3 aromatic carbocycles. The lowest BCUT2D eigenvalue weighted by atomic mass is 10.0. The Morgan fingerprint density at radius 1 is 1.05 bits per heavy atom. The summed E-state index contributed by atoms with van der Waals surface area (Å²) in [5, 5.41) is 24.7. The highest BCUT2D eigenvalue weighted by Gasteiger charge is 2.16. The van der Waals surface area contributed by atoms with E-state index in [0.29, 0.717) is 39.4 Å². The Kier molecular flexibility index (Phi) is 13.5. The standard InChI is InChI=1S/C29H30ClN3O6S.2ClH/c1-2-40(37,38)33-29(36)21-8-11-25-26(16-21)31-13-12-28(25)39-24-9-6-19(7-10-24)14-23(18-34)32-17-27(35)20-4-3-5-22(30)15-20;;/h3-13,15-16,23,27,32,34-35H,2,14,17-18H2,1H3,(H,33,36);2*1H/t23-,27-;;/m0../s1. The molecule has 9 nitrogen and oxygen atoms in total. The van der Waals surface area contributed by atoms with Gasteiger partial charge in [0.25, 0.3) is 5.91 Å². The Morgan fingerprint density at radius 3 is 2.45 bits per heavy atom.